The van der Waals surface area contributed by atoms with Crippen molar-refractivity contribution in [1.29, 1.82) is 0 Å². The number of nitrogens with one attached hydrogen (secondary N) is 1. The lowest BCUT2D eigenvalue weighted by Gasteiger charge is -2.14. The number of rotatable bonds is 4. The van der Waals surface area contributed by atoms with Gasteiger partial charge in [0.25, 0.3) is 0 Å². The Morgan fingerprint density at radius 3 is 2.23 bits per heavy atom. The summed E-state index contributed by atoms with van der Waals surface area (Å²) in [4.78, 5) is 1.92. The first kappa shape index (κ1) is 15.2. The third kappa shape index (κ3) is 11.7. The van der Waals surface area contributed by atoms with Crippen molar-refractivity contribution in [3.05, 3.63) is 0 Å². The Bertz CT molecular complexity index is 119. The molecule has 0 aliphatic heterocycles. The third-order valence-corrected chi connectivity index (χ3v) is 1.97. The van der Waals surface area contributed by atoms with Gasteiger partial charge in [0, 0.05) is 22.1 Å². The number of thiocarbonyl (C=S) groups is 1. The van der Waals surface area contributed by atoms with E-state index >= 15 is 0 Å². The number of unbranched alkanes of at least 4 members (excludes halogenated alkanes) is 2. The van der Waals surface area contributed by atoms with Gasteiger partial charge in [0.1, 0.15) is 0 Å². The summed E-state index contributed by atoms with van der Waals surface area (Å²) in [6, 6.07) is 0. The Morgan fingerprint density at radius 1 is 1.31 bits per heavy atom. The van der Waals surface area contributed by atoms with E-state index in [4.69, 9.17) is 12.2 Å². The maximum atomic E-state index is 5.04. The maximum absolute atomic E-state index is 5.04. The average Bonchev–Trinajstić information content (AvgIpc) is 2.15. The van der Waals surface area contributed by atoms with Crippen LogP contribution in [0, 0.1) is 0 Å². The molecule has 0 aliphatic rings. The minimum Gasteiger partial charge on any atom is -0.363 e. The van der Waals surface area contributed by atoms with E-state index in [0.29, 0.717) is 0 Å². The zero-order chi connectivity index (χ0) is 10.7. The molecular weight excluding hydrogens is 180 g/mol. The number of hydrogen-bond acceptors (Lipinski definition) is 1. The molecule has 82 valence electrons. The molecule has 2 nitrogen and oxygen atoms in total. The molecule has 0 rings (SSSR count). The van der Waals surface area contributed by atoms with Crippen LogP contribution in [0.4, 0.5) is 0 Å². The van der Waals surface area contributed by atoms with Gasteiger partial charge in [0.2, 0.25) is 0 Å². The highest BCUT2D eigenvalue weighted by Gasteiger charge is 1.94. The standard InChI is InChI=1S/C8H18N2S.C2H6.H2/c1-4-5-6-7-9-8(11)10(2)3;1-2;/h4-7H2,1-3H3,(H,9,11);1-2H3;1H. The molecule has 0 radical (unpaired) electrons. The molecule has 0 heterocycles. The van der Waals surface area contributed by atoms with Gasteiger partial charge in [-0.1, -0.05) is 33.6 Å². The molecule has 0 aromatic rings. The van der Waals surface area contributed by atoms with Crippen molar-refractivity contribution < 1.29 is 1.43 Å². The highest BCUT2D eigenvalue weighted by Crippen LogP contribution is 1.91. The fourth-order valence-electron chi connectivity index (χ4n) is 0.728. The van der Waals surface area contributed by atoms with E-state index in [9.17, 15) is 0 Å². The number of nitrogens with zero attached hydrogens (tertiary/aromatic N) is 1. The van der Waals surface area contributed by atoms with Crippen LogP contribution in [0.1, 0.15) is 41.5 Å². The molecule has 0 amide bonds. The Morgan fingerprint density at radius 2 is 1.85 bits per heavy atom. The summed E-state index contributed by atoms with van der Waals surface area (Å²) in [5, 5.41) is 4.01. The van der Waals surface area contributed by atoms with Crippen LogP contribution in [0.15, 0.2) is 0 Å². The minimum absolute atomic E-state index is 0. The molecule has 0 saturated heterocycles. The number of hydrogen-bond donors (Lipinski definition) is 1. The average molecular weight is 206 g/mol. The molecule has 0 saturated carbocycles. The van der Waals surface area contributed by atoms with Crippen molar-refractivity contribution in [2.24, 2.45) is 0 Å². The predicted molar refractivity (Wildman–Crippen MR) is 67.3 cm³/mol. The topological polar surface area (TPSA) is 15.3 Å². The summed E-state index contributed by atoms with van der Waals surface area (Å²) >= 11 is 5.04. The second-order valence-corrected chi connectivity index (χ2v) is 3.22. The second-order valence-electron chi connectivity index (χ2n) is 2.83. The molecule has 0 unspecified atom stereocenters. The molecule has 3 heteroatoms. The molecule has 0 bridgehead atoms. The summed E-state index contributed by atoms with van der Waals surface area (Å²) in [6.07, 6.45) is 3.75. The Balaban J connectivity index is -0.000000376. The molecule has 0 spiro atoms. The van der Waals surface area contributed by atoms with E-state index < -0.39 is 0 Å². The fraction of sp³-hybridized carbons (Fsp3) is 0.900. The molecule has 0 aromatic heterocycles. The van der Waals surface area contributed by atoms with Crippen LogP contribution in [0.3, 0.4) is 0 Å². The molecule has 0 aromatic carbocycles. The molecule has 13 heavy (non-hydrogen) atoms. The van der Waals surface area contributed by atoms with Crippen LogP contribution >= 0.6 is 12.2 Å². The summed E-state index contributed by atoms with van der Waals surface area (Å²) in [5.74, 6) is 0. The fourth-order valence-corrected chi connectivity index (χ4v) is 0.830. The largest absolute Gasteiger partial charge is 0.363 e. The molecular formula is C10H26N2S. The quantitative estimate of drug-likeness (QED) is 0.562. The van der Waals surface area contributed by atoms with Crippen LogP contribution in [0.5, 0.6) is 0 Å². The molecule has 0 atom stereocenters. The van der Waals surface area contributed by atoms with Gasteiger partial charge in [-0.05, 0) is 18.6 Å². The van der Waals surface area contributed by atoms with E-state index in [-0.39, 0.29) is 1.43 Å². The summed E-state index contributed by atoms with van der Waals surface area (Å²) in [6.45, 7) is 7.20. The van der Waals surface area contributed by atoms with Crippen molar-refractivity contribution in [2.75, 3.05) is 20.6 Å². The third-order valence-electron chi connectivity index (χ3n) is 1.46. The van der Waals surface area contributed by atoms with Crippen molar-refractivity contribution in [3.8, 4) is 0 Å². The SMILES string of the molecule is CC.CCCCCNC(=S)N(C)C.[HH]. The molecule has 0 aliphatic carbocycles. The van der Waals surface area contributed by atoms with Gasteiger partial charge in [0.15, 0.2) is 5.11 Å². The minimum atomic E-state index is 0. The van der Waals surface area contributed by atoms with Gasteiger partial charge < -0.3 is 10.2 Å². The van der Waals surface area contributed by atoms with Gasteiger partial charge in [-0.15, -0.1) is 0 Å². The highest BCUT2D eigenvalue weighted by molar-refractivity contribution is 7.80. The van der Waals surface area contributed by atoms with Crippen LogP contribution < -0.4 is 5.32 Å². The monoisotopic (exact) mass is 206 g/mol. The van der Waals surface area contributed by atoms with E-state index in [1.54, 1.807) is 0 Å². The first-order valence-corrected chi connectivity index (χ1v) is 5.54. The van der Waals surface area contributed by atoms with Gasteiger partial charge in [-0.3, -0.25) is 0 Å². The molecule has 0 fully saturated rings. The summed E-state index contributed by atoms with van der Waals surface area (Å²) in [5.41, 5.74) is 0. The van der Waals surface area contributed by atoms with Crippen LogP contribution in [-0.4, -0.2) is 30.7 Å². The van der Waals surface area contributed by atoms with E-state index in [1.807, 2.05) is 32.8 Å². The lowest BCUT2D eigenvalue weighted by molar-refractivity contribution is 0.589. The zero-order valence-electron chi connectivity index (χ0n) is 9.68. The van der Waals surface area contributed by atoms with Crippen molar-refractivity contribution in [3.63, 3.8) is 0 Å². The first-order chi connectivity index (χ1) is 6.18. The smallest absolute Gasteiger partial charge is 0.168 e. The Hall–Kier alpha value is -0.310. The first-order valence-electron chi connectivity index (χ1n) is 5.13. The maximum Gasteiger partial charge on any atom is 0.168 e. The molecule has 1 N–H and O–H groups in total. The van der Waals surface area contributed by atoms with Gasteiger partial charge in [0.05, 0.1) is 0 Å². The summed E-state index contributed by atoms with van der Waals surface area (Å²) < 4.78 is 0. The summed E-state index contributed by atoms with van der Waals surface area (Å²) in [7, 11) is 3.91. The zero-order valence-corrected chi connectivity index (χ0v) is 10.5. The van der Waals surface area contributed by atoms with Gasteiger partial charge in [-0.25, -0.2) is 0 Å². The lowest BCUT2D eigenvalue weighted by atomic mass is 10.2. The van der Waals surface area contributed by atoms with E-state index in [2.05, 4.69) is 12.2 Å². The van der Waals surface area contributed by atoms with Crippen molar-refractivity contribution in [1.82, 2.24) is 10.2 Å². The highest BCUT2D eigenvalue weighted by atomic mass is 32.1. The van der Waals surface area contributed by atoms with Crippen molar-refractivity contribution in [2.45, 2.75) is 40.0 Å². The normalized spacial score (nSPS) is 8.38. The van der Waals surface area contributed by atoms with Crippen LogP contribution in [0.2, 0.25) is 0 Å². The van der Waals surface area contributed by atoms with E-state index in [0.717, 1.165) is 11.7 Å². The van der Waals surface area contributed by atoms with Crippen LogP contribution in [0.25, 0.3) is 0 Å². The lowest BCUT2D eigenvalue weighted by Crippen LogP contribution is -2.34. The second kappa shape index (κ2) is 11.7. The van der Waals surface area contributed by atoms with Crippen LogP contribution in [-0.2, 0) is 0 Å². The Labute approximate surface area is 90.2 Å². The predicted octanol–water partition coefficient (Wildman–Crippen LogP) is 2.88. The van der Waals surface area contributed by atoms with Gasteiger partial charge >= 0.3 is 0 Å². The Kier molecular flexibility index (Phi) is 13.6. The van der Waals surface area contributed by atoms with E-state index in [1.165, 1.54) is 19.3 Å². The van der Waals surface area contributed by atoms with Gasteiger partial charge in [-0.2, -0.15) is 0 Å². The van der Waals surface area contributed by atoms with Crippen molar-refractivity contribution >= 4 is 17.3 Å².